The number of amides is 1. The molecular formula is C16H22N2O3. The van der Waals surface area contributed by atoms with E-state index in [0.717, 1.165) is 44.5 Å². The summed E-state index contributed by atoms with van der Waals surface area (Å²) in [5.74, 6) is 1.64. The minimum Gasteiger partial charge on any atom is -0.455 e. The maximum atomic E-state index is 12.6. The van der Waals surface area contributed by atoms with Crippen molar-refractivity contribution in [2.75, 3.05) is 26.7 Å². The van der Waals surface area contributed by atoms with Gasteiger partial charge in [-0.1, -0.05) is 0 Å². The first-order valence-corrected chi connectivity index (χ1v) is 7.71. The molecule has 1 fully saturated rings. The molecule has 2 aliphatic rings. The molecule has 3 rings (SSSR count). The molecule has 0 saturated carbocycles. The molecule has 0 aromatic carbocycles. The first-order chi connectivity index (χ1) is 10.1. The number of Topliss-reactive ketones (excluding diaryl/α,β-unsaturated/α-hetero) is 1. The van der Waals surface area contributed by atoms with Crippen LogP contribution in [-0.4, -0.2) is 43.3 Å². The smallest absolute Gasteiger partial charge is 0.289 e. The van der Waals surface area contributed by atoms with Gasteiger partial charge in [0.1, 0.15) is 5.76 Å². The third-order valence-electron chi connectivity index (χ3n) is 4.57. The summed E-state index contributed by atoms with van der Waals surface area (Å²) in [5, 5.41) is 3.16. The summed E-state index contributed by atoms with van der Waals surface area (Å²) in [7, 11) is 1.93. The lowest BCUT2D eigenvalue weighted by atomic mass is 9.94. The van der Waals surface area contributed by atoms with Gasteiger partial charge >= 0.3 is 0 Å². The SMILES string of the molecule is CNCC1CCN(C(=O)c2oc3c(c2C)C(=O)CCC3)C1. The van der Waals surface area contributed by atoms with Gasteiger partial charge in [0.15, 0.2) is 11.5 Å². The second kappa shape index (κ2) is 5.64. The standard InChI is InChI=1S/C16H22N2O3/c1-10-14-12(19)4-3-5-13(14)21-15(10)16(20)18-7-6-11(9-18)8-17-2/h11,17H,3-9H2,1-2H3. The molecule has 1 N–H and O–H groups in total. The molecule has 0 radical (unpaired) electrons. The first-order valence-electron chi connectivity index (χ1n) is 7.71. The van der Waals surface area contributed by atoms with Gasteiger partial charge in [0, 0.05) is 31.5 Å². The van der Waals surface area contributed by atoms with Gasteiger partial charge in [-0.2, -0.15) is 0 Å². The second-order valence-electron chi connectivity index (χ2n) is 6.09. The summed E-state index contributed by atoms with van der Waals surface area (Å²) < 4.78 is 5.75. The van der Waals surface area contributed by atoms with Crippen LogP contribution in [0.1, 0.15) is 51.5 Å². The molecule has 5 heteroatoms. The molecule has 1 aliphatic carbocycles. The molecule has 2 heterocycles. The quantitative estimate of drug-likeness (QED) is 0.922. The number of carbonyl (C=O) groups excluding carboxylic acids is 2. The van der Waals surface area contributed by atoms with Crippen LogP contribution >= 0.6 is 0 Å². The fraction of sp³-hybridized carbons (Fsp3) is 0.625. The van der Waals surface area contributed by atoms with Gasteiger partial charge < -0.3 is 14.6 Å². The lowest BCUT2D eigenvalue weighted by Gasteiger charge is -2.15. The molecule has 114 valence electrons. The third-order valence-corrected chi connectivity index (χ3v) is 4.57. The van der Waals surface area contributed by atoms with Crippen LogP contribution in [0.15, 0.2) is 4.42 Å². The molecule has 1 aromatic heterocycles. The van der Waals surface area contributed by atoms with Gasteiger partial charge in [-0.15, -0.1) is 0 Å². The Balaban J connectivity index is 1.81. The number of aryl methyl sites for hydroxylation is 1. The minimum absolute atomic E-state index is 0.0618. The average molecular weight is 290 g/mol. The molecular weight excluding hydrogens is 268 g/mol. The van der Waals surface area contributed by atoms with Crippen molar-refractivity contribution in [1.82, 2.24) is 10.2 Å². The van der Waals surface area contributed by atoms with Crippen molar-refractivity contribution >= 4 is 11.7 Å². The number of hydrogen-bond donors (Lipinski definition) is 1. The Kier molecular flexibility index (Phi) is 3.85. The highest BCUT2D eigenvalue weighted by atomic mass is 16.4. The third kappa shape index (κ3) is 2.50. The topological polar surface area (TPSA) is 62.6 Å². The van der Waals surface area contributed by atoms with E-state index < -0.39 is 0 Å². The van der Waals surface area contributed by atoms with Gasteiger partial charge in [-0.05, 0) is 39.3 Å². The normalized spacial score (nSPS) is 21.7. The zero-order chi connectivity index (χ0) is 15.0. The Morgan fingerprint density at radius 2 is 2.24 bits per heavy atom. The largest absolute Gasteiger partial charge is 0.455 e. The van der Waals surface area contributed by atoms with E-state index in [1.807, 2.05) is 18.9 Å². The van der Waals surface area contributed by atoms with E-state index in [0.29, 0.717) is 29.4 Å². The van der Waals surface area contributed by atoms with Crippen LogP contribution in [-0.2, 0) is 6.42 Å². The van der Waals surface area contributed by atoms with Crippen LogP contribution in [0, 0.1) is 12.8 Å². The van der Waals surface area contributed by atoms with Gasteiger partial charge in [0.2, 0.25) is 0 Å². The first kappa shape index (κ1) is 14.3. The predicted molar refractivity (Wildman–Crippen MR) is 78.7 cm³/mol. The maximum absolute atomic E-state index is 12.6. The maximum Gasteiger partial charge on any atom is 0.289 e. The number of furan rings is 1. The Bertz CT molecular complexity index is 576. The van der Waals surface area contributed by atoms with Crippen molar-refractivity contribution < 1.29 is 14.0 Å². The monoisotopic (exact) mass is 290 g/mol. The van der Waals surface area contributed by atoms with Crippen LogP contribution in [0.25, 0.3) is 0 Å². The number of nitrogens with one attached hydrogen (secondary N) is 1. The molecule has 21 heavy (non-hydrogen) atoms. The number of likely N-dealkylation sites (tertiary alicyclic amines) is 1. The average Bonchev–Trinajstić information content (AvgIpc) is 3.05. The van der Waals surface area contributed by atoms with Crippen molar-refractivity contribution in [3.63, 3.8) is 0 Å². The fourth-order valence-corrected chi connectivity index (χ4v) is 3.47. The molecule has 1 aromatic rings. The van der Waals surface area contributed by atoms with Gasteiger partial charge in [-0.25, -0.2) is 0 Å². The van der Waals surface area contributed by atoms with Crippen LogP contribution in [0.4, 0.5) is 0 Å². The molecule has 1 amide bonds. The Morgan fingerprint density at radius 1 is 1.43 bits per heavy atom. The highest BCUT2D eigenvalue weighted by molar-refractivity contribution is 6.03. The molecule has 1 unspecified atom stereocenters. The summed E-state index contributed by atoms with van der Waals surface area (Å²) in [5.41, 5.74) is 1.40. The van der Waals surface area contributed by atoms with Crippen LogP contribution in [0.2, 0.25) is 0 Å². The van der Waals surface area contributed by atoms with Crippen molar-refractivity contribution in [1.29, 1.82) is 0 Å². The summed E-state index contributed by atoms with van der Waals surface area (Å²) in [6, 6.07) is 0. The highest BCUT2D eigenvalue weighted by Gasteiger charge is 2.33. The molecule has 5 nitrogen and oxygen atoms in total. The van der Waals surface area contributed by atoms with E-state index in [-0.39, 0.29) is 11.7 Å². The molecule has 1 atom stereocenters. The minimum atomic E-state index is -0.0618. The van der Waals surface area contributed by atoms with Gasteiger partial charge in [-0.3, -0.25) is 9.59 Å². The molecule has 0 bridgehead atoms. The van der Waals surface area contributed by atoms with Gasteiger partial charge in [0.25, 0.3) is 5.91 Å². The second-order valence-corrected chi connectivity index (χ2v) is 6.09. The number of nitrogens with zero attached hydrogens (tertiary/aromatic N) is 1. The zero-order valence-electron chi connectivity index (χ0n) is 12.7. The Hall–Kier alpha value is -1.62. The summed E-state index contributed by atoms with van der Waals surface area (Å²) in [4.78, 5) is 26.5. The number of carbonyl (C=O) groups is 2. The Morgan fingerprint density at radius 3 is 2.95 bits per heavy atom. The number of hydrogen-bond acceptors (Lipinski definition) is 4. The van der Waals surface area contributed by atoms with Crippen LogP contribution in [0.5, 0.6) is 0 Å². The van der Waals surface area contributed by atoms with Crippen molar-refractivity contribution in [2.45, 2.75) is 32.6 Å². The van der Waals surface area contributed by atoms with E-state index in [9.17, 15) is 9.59 Å². The Labute approximate surface area is 124 Å². The number of ketones is 1. The predicted octanol–water partition coefficient (Wildman–Crippen LogP) is 1.79. The van der Waals surface area contributed by atoms with Crippen molar-refractivity contribution in [3.05, 3.63) is 22.6 Å². The van der Waals surface area contributed by atoms with E-state index >= 15 is 0 Å². The number of rotatable bonds is 3. The number of fused-ring (bicyclic) bond motifs is 1. The molecule has 1 saturated heterocycles. The summed E-state index contributed by atoms with van der Waals surface area (Å²) >= 11 is 0. The van der Waals surface area contributed by atoms with Crippen LogP contribution in [0.3, 0.4) is 0 Å². The van der Waals surface area contributed by atoms with E-state index in [1.54, 1.807) is 0 Å². The highest BCUT2D eigenvalue weighted by Crippen LogP contribution is 2.31. The van der Waals surface area contributed by atoms with E-state index in [2.05, 4.69) is 5.32 Å². The van der Waals surface area contributed by atoms with Crippen molar-refractivity contribution in [3.8, 4) is 0 Å². The van der Waals surface area contributed by atoms with Crippen molar-refractivity contribution in [2.24, 2.45) is 5.92 Å². The van der Waals surface area contributed by atoms with E-state index in [1.165, 1.54) is 0 Å². The van der Waals surface area contributed by atoms with E-state index in [4.69, 9.17) is 4.42 Å². The van der Waals surface area contributed by atoms with Crippen LogP contribution < -0.4 is 5.32 Å². The summed E-state index contributed by atoms with van der Waals surface area (Å²) in [6.07, 6.45) is 3.16. The lowest BCUT2D eigenvalue weighted by molar-refractivity contribution is 0.0752. The van der Waals surface area contributed by atoms with Gasteiger partial charge in [0.05, 0.1) is 5.56 Å². The fourth-order valence-electron chi connectivity index (χ4n) is 3.47. The zero-order valence-corrected chi connectivity index (χ0v) is 12.7. The summed E-state index contributed by atoms with van der Waals surface area (Å²) in [6.45, 7) is 4.29. The molecule has 1 aliphatic heterocycles. The lowest BCUT2D eigenvalue weighted by Crippen LogP contribution is -2.30. The molecule has 0 spiro atoms.